The average molecular weight is 386 g/mol. The second kappa shape index (κ2) is 7.18. The fourth-order valence-corrected chi connectivity index (χ4v) is 3.84. The summed E-state index contributed by atoms with van der Waals surface area (Å²) < 4.78 is 0. The SMILES string of the molecule is Cc1ccccc1CN1C(=O)[C@](O)(CC(=O)c2cccc(N)c2)c2ccccc21. The Balaban J connectivity index is 1.70. The van der Waals surface area contributed by atoms with Crippen LogP contribution in [0.1, 0.15) is 33.5 Å². The molecule has 0 radical (unpaired) electrons. The Bertz CT molecular complexity index is 1110. The van der Waals surface area contributed by atoms with E-state index in [0.29, 0.717) is 29.0 Å². The van der Waals surface area contributed by atoms with Gasteiger partial charge in [0, 0.05) is 16.8 Å². The third-order valence-electron chi connectivity index (χ3n) is 5.45. The number of hydrogen-bond donors (Lipinski definition) is 2. The number of nitrogen functional groups attached to an aromatic ring is 1. The Morgan fingerprint density at radius 2 is 1.76 bits per heavy atom. The highest BCUT2D eigenvalue weighted by Gasteiger charge is 2.50. The fourth-order valence-electron chi connectivity index (χ4n) is 3.84. The highest BCUT2D eigenvalue weighted by atomic mass is 16.3. The number of para-hydroxylation sites is 1. The summed E-state index contributed by atoms with van der Waals surface area (Å²) in [6.07, 6.45) is -0.337. The minimum Gasteiger partial charge on any atom is -0.399 e. The van der Waals surface area contributed by atoms with Gasteiger partial charge < -0.3 is 15.7 Å². The van der Waals surface area contributed by atoms with Crippen LogP contribution in [-0.2, 0) is 16.9 Å². The van der Waals surface area contributed by atoms with E-state index < -0.39 is 11.5 Å². The van der Waals surface area contributed by atoms with Crippen molar-refractivity contribution in [2.45, 2.75) is 25.5 Å². The summed E-state index contributed by atoms with van der Waals surface area (Å²) in [6.45, 7) is 2.31. The molecule has 146 valence electrons. The largest absolute Gasteiger partial charge is 0.399 e. The van der Waals surface area contributed by atoms with Crippen LogP contribution >= 0.6 is 0 Å². The van der Waals surface area contributed by atoms with Crippen LogP contribution in [0.5, 0.6) is 0 Å². The molecule has 29 heavy (non-hydrogen) atoms. The van der Waals surface area contributed by atoms with Gasteiger partial charge in [0.05, 0.1) is 18.7 Å². The van der Waals surface area contributed by atoms with E-state index in [9.17, 15) is 14.7 Å². The van der Waals surface area contributed by atoms with Crippen molar-refractivity contribution >= 4 is 23.1 Å². The van der Waals surface area contributed by atoms with Crippen molar-refractivity contribution < 1.29 is 14.7 Å². The Kier molecular flexibility index (Phi) is 4.68. The van der Waals surface area contributed by atoms with E-state index in [1.165, 1.54) is 0 Å². The molecule has 1 amide bonds. The van der Waals surface area contributed by atoms with Crippen LogP contribution in [0.3, 0.4) is 0 Å². The lowest BCUT2D eigenvalue weighted by Crippen LogP contribution is -2.41. The normalized spacial score (nSPS) is 18.0. The summed E-state index contributed by atoms with van der Waals surface area (Å²) in [7, 11) is 0. The van der Waals surface area contributed by atoms with Crippen LogP contribution in [0.4, 0.5) is 11.4 Å². The number of fused-ring (bicyclic) bond motifs is 1. The molecular weight excluding hydrogens is 364 g/mol. The van der Waals surface area contributed by atoms with Crippen LogP contribution in [0.15, 0.2) is 72.8 Å². The van der Waals surface area contributed by atoms with E-state index in [0.717, 1.165) is 11.1 Å². The van der Waals surface area contributed by atoms with E-state index in [2.05, 4.69) is 0 Å². The lowest BCUT2D eigenvalue weighted by molar-refractivity contribution is -0.136. The van der Waals surface area contributed by atoms with Crippen LogP contribution in [0.2, 0.25) is 0 Å². The highest BCUT2D eigenvalue weighted by molar-refractivity contribution is 6.10. The molecule has 3 N–H and O–H groups in total. The molecule has 3 aromatic rings. The van der Waals surface area contributed by atoms with Gasteiger partial charge in [-0.1, -0.05) is 54.6 Å². The molecule has 0 aromatic heterocycles. The zero-order valence-electron chi connectivity index (χ0n) is 16.1. The van der Waals surface area contributed by atoms with E-state index in [4.69, 9.17) is 5.73 Å². The molecule has 3 aromatic carbocycles. The maximum absolute atomic E-state index is 13.3. The van der Waals surface area contributed by atoms with Crippen LogP contribution in [0.25, 0.3) is 0 Å². The van der Waals surface area contributed by atoms with Crippen molar-refractivity contribution in [2.75, 3.05) is 10.6 Å². The maximum Gasteiger partial charge on any atom is 0.264 e. The molecule has 0 bridgehead atoms. The van der Waals surface area contributed by atoms with E-state index in [1.54, 1.807) is 47.4 Å². The minimum absolute atomic E-state index is 0.331. The first-order valence-corrected chi connectivity index (χ1v) is 9.47. The molecule has 1 aliphatic rings. The summed E-state index contributed by atoms with van der Waals surface area (Å²) in [5.41, 5.74) is 7.84. The van der Waals surface area contributed by atoms with Crippen molar-refractivity contribution in [3.63, 3.8) is 0 Å². The van der Waals surface area contributed by atoms with Gasteiger partial charge >= 0.3 is 0 Å². The van der Waals surface area contributed by atoms with Gasteiger partial charge in [0.1, 0.15) is 0 Å². The fraction of sp³-hybridized carbons (Fsp3) is 0.167. The summed E-state index contributed by atoms with van der Waals surface area (Å²) in [4.78, 5) is 27.7. The number of ketones is 1. The molecule has 0 aliphatic carbocycles. The third kappa shape index (κ3) is 3.30. The van der Waals surface area contributed by atoms with E-state index in [-0.39, 0.29) is 12.2 Å². The predicted molar refractivity (Wildman–Crippen MR) is 113 cm³/mol. The second-order valence-corrected chi connectivity index (χ2v) is 7.42. The highest BCUT2D eigenvalue weighted by Crippen LogP contribution is 2.43. The zero-order chi connectivity index (χ0) is 20.6. The smallest absolute Gasteiger partial charge is 0.264 e. The monoisotopic (exact) mass is 386 g/mol. The number of benzene rings is 3. The van der Waals surface area contributed by atoms with Crippen molar-refractivity contribution in [3.05, 3.63) is 95.1 Å². The standard InChI is InChI=1S/C24H22N2O3/c1-16-7-2-3-8-18(16)15-26-21-12-5-4-11-20(21)24(29,23(26)28)14-22(27)17-9-6-10-19(25)13-17/h2-13,29H,14-15,25H2,1H3/t24-/m0/s1. The van der Waals surface area contributed by atoms with Crippen LogP contribution in [0, 0.1) is 6.92 Å². The average Bonchev–Trinajstić information content (AvgIpc) is 2.92. The van der Waals surface area contributed by atoms with Crippen molar-refractivity contribution in [2.24, 2.45) is 0 Å². The van der Waals surface area contributed by atoms with Crippen molar-refractivity contribution in [3.8, 4) is 0 Å². The number of aryl methyl sites for hydroxylation is 1. The number of nitrogens with two attached hydrogens (primary N) is 1. The first-order valence-electron chi connectivity index (χ1n) is 9.47. The van der Waals surface area contributed by atoms with Crippen molar-refractivity contribution in [1.82, 2.24) is 0 Å². The summed E-state index contributed by atoms with van der Waals surface area (Å²) in [6, 6.07) is 21.5. The number of aliphatic hydroxyl groups is 1. The molecule has 0 unspecified atom stereocenters. The van der Waals surface area contributed by atoms with Gasteiger partial charge in [-0.25, -0.2) is 0 Å². The van der Waals surface area contributed by atoms with Gasteiger partial charge in [-0.05, 0) is 36.2 Å². The number of anilines is 2. The van der Waals surface area contributed by atoms with Crippen LogP contribution < -0.4 is 10.6 Å². The van der Waals surface area contributed by atoms with E-state index in [1.807, 2.05) is 37.3 Å². The zero-order valence-corrected chi connectivity index (χ0v) is 16.1. The molecule has 1 aliphatic heterocycles. The summed E-state index contributed by atoms with van der Waals surface area (Å²) in [5.74, 6) is -0.820. The number of carbonyl (C=O) groups excluding carboxylic acids is 2. The molecule has 0 fully saturated rings. The van der Waals surface area contributed by atoms with Gasteiger partial charge in [0.25, 0.3) is 5.91 Å². The van der Waals surface area contributed by atoms with E-state index >= 15 is 0 Å². The molecule has 1 heterocycles. The molecule has 0 spiro atoms. The molecule has 0 saturated heterocycles. The Morgan fingerprint density at radius 3 is 2.52 bits per heavy atom. The number of rotatable bonds is 5. The number of carbonyl (C=O) groups is 2. The van der Waals surface area contributed by atoms with Gasteiger partial charge in [0.2, 0.25) is 0 Å². The molecule has 5 heteroatoms. The quantitative estimate of drug-likeness (QED) is 0.519. The number of Topliss-reactive ketones (excluding diaryl/α,β-unsaturated/α-hetero) is 1. The minimum atomic E-state index is -1.90. The Labute approximate surface area is 169 Å². The Hall–Kier alpha value is -3.44. The molecule has 0 saturated carbocycles. The Morgan fingerprint density at radius 1 is 1.03 bits per heavy atom. The summed E-state index contributed by atoms with van der Waals surface area (Å²) in [5, 5.41) is 11.4. The number of hydrogen-bond acceptors (Lipinski definition) is 4. The third-order valence-corrected chi connectivity index (χ3v) is 5.45. The molecule has 4 rings (SSSR count). The van der Waals surface area contributed by atoms with Gasteiger partial charge in [0.15, 0.2) is 11.4 Å². The first kappa shape index (κ1) is 18.9. The molecule has 1 atom stereocenters. The van der Waals surface area contributed by atoms with Crippen LogP contribution in [-0.4, -0.2) is 16.8 Å². The van der Waals surface area contributed by atoms with Gasteiger partial charge in [-0.3, -0.25) is 9.59 Å². The maximum atomic E-state index is 13.3. The van der Waals surface area contributed by atoms with Crippen molar-refractivity contribution in [1.29, 1.82) is 0 Å². The summed E-state index contributed by atoms with van der Waals surface area (Å²) >= 11 is 0. The molecular formula is C24H22N2O3. The topological polar surface area (TPSA) is 83.6 Å². The number of nitrogens with zero attached hydrogens (tertiary/aromatic N) is 1. The first-order chi connectivity index (χ1) is 13.9. The lowest BCUT2D eigenvalue weighted by Gasteiger charge is -2.23. The lowest BCUT2D eigenvalue weighted by atomic mass is 9.88. The predicted octanol–water partition coefficient (Wildman–Crippen LogP) is 3.58. The second-order valence-electron chi connectivity index (χ2n) is 7.42. The van der Waals surface area contributed by atoms with Gasteiger partial charge in [-0.2, -0.15) is 0 Å². The molecule has 5 nitrogen and oxygen atoms in total. The number of amides is 1. The van der Waals surface area contributed by atoms with Gasteiger partial charge in [-0.15, -0.1) is 0 Å².